The molecular weight excluding hydrogens is 232 g/mol. The van der Waals surface area contributed by atoms with E-state index in [-0.39, 0.29) is 18.3 Å². The number of carbonyl (C=O) groups excluding carboxylic acids is 1. The molecule has 0 heterocycles. The predicted molar refractivity (Wildman–Crippen MR) is 69.1 cm³/mol. The number of aliphatic hydroxyl groups excluding tert-OH is 1. The number of aliphatic hydroxyl groups is 1. The van der Waals surface area contributed by atoms with E-state index in [0.717, 1.165) is 5.56 Å². The maximum atomic E-state index is 11.4. The number of hydrogen-bond donors (Lipinski definition) is 1. The molecule has 1 atom stereocenters. The topological polar surface area (TPSA) is 55.8 Å². The fourth-order valence-corrected chi connectivity index (χ4v) is 1.90. The maximum Gasteiger partial charge on any atom is 0.160 e. The Bertz CT molecular complexity index is 401. The van der Waals surface area contributed by atoms with Crippen LogP contribution < -0.4 is 9.47 Å². The largest absolute Gasteiger partial charge is 0.493 e. The Kier molecular flexibility index (Phi) is 5.65. The van der Waals surface area contributed by atoms with Crippen LogP contribution >= 0.6 is 0 Å². The molecule has 0 saturated carbocycles. The second kappa shape index (κ2) is 7.01. The van der Waals surface area contributed by atoms with Crippen LogP contribution in [0.2, 0.25) is 0 Å². The SMILES string of the molecule is COc1ccc(CC(CCO)C(C)=O)cc1OC. The van der Waals surface area contributed by atoms with Crippen LogP contribution in [0.25, 0.3) is 0 Å². The summed E-state index contributed by atoms with van der Waals surface area (Å²) >= 11 is 0. The molecular formula is C14H20O4. The van der Waals surface area contributed by atoms with E-state index in [1.54, 1.807) is 21.1 Å². The standard InChI is InChI=1S/C14H20O4/c1-10(16)12(6-7-15)8-11-4-5-13(17-2)14(9-11)18-3/h4-5,9,12,15H,6-8H2,1-3H3. The normalized spacial score (nSPS) is 12.0. The fraction of sp³-hybridized carbons (Fsp3) is 0.500. The van der Waals surface area contributed by atoms with Crippen LogP contribution in [0.1, 0.15) is 18.9 Å². The highest BCUT2D eigenvalue weighted by Gasteiger charge is 2.15. The van der Waals surface area contributed by atoms with Gasteiger partial charge in [-0.25, -0.2) is 0 Å². The number of rotatable bonds is 7. The highest BCUT2D eigenvalue weighted by Crippen LogP contribution is 2.28. The van der Waals surface area contributed by atoms with E-state index in [0.29, 0.717) is 24.3 Å². The number of carbonyl (C=O) groups is 1. The summed E-state index contributed by atoms with van der Waals surface area (Å²) in [5, 5.41) is 8.95. The molecule has 0 bridgehead atoms. The van der Waals surface area contributed by atoms with Crippen LogP contribution in [-0.2, 0) is 11.2 Å². The van der Waals surface area contributed by atoms with Crippen LogP contribution in [-0.4, -0.2) is 31.7 Å². The molecule has 0 spiro atoms. The van der Waals surface area contributed by atoms with Crippen LogP contribution in [0, 0.1) is 5.92 Å². The molecule has 18 heavy (non-hydrogen) atoms. The van der Waals surface area contributed by atoms with Gasteiger partial charge in [-0.05, 0) is 37.5 Å². The molecule has 0 fully saturated rings. The van der Waals surface area contributed by atoms with Crippen LogP contribution in [0.15, 0.2) is 18.2 Å². The molecule has 100 valence electrons. The molecule has 0 saturated heterocycles. The van der Waals surface area contributed by atoms with E-state index < -0.39 is 0 Å². The summed E-state index contributed by atoms with van der Waals surface area (Å²) in [6.07, 6.45) is 1.10. The molecule has 0 aromatic heterocycles. The van der Waals surface area contributed by atoms with Crippen molar-refractivity contribution in [2.45, 2.75) is 19.8 Å². The molecule has 1 rings (SSSR count). The van der Waals surface area contributed by atoms with Crippen LogP contribution in [0.4, 0.5) is 0 Å². The van der Waals surface area contributed by atoms with E-state index in [2.05, 4.69) is 0 Å². The van der Waals surface area contributed by atoms with Crippen molar-refractivity contribution in [2.24, 2.45) is 5.92 Å². The van der Waals surface area contributed by atoms with Crippen molar-refractivity contribution in [3.05, 3.63) is 23.8 Å². The third kappa shape index (κ3) is 3.74. The lowest BCUT2D eigenvalue weighted by Crippen LogP contribution is -2.15. The van der Waals surface area contributed by atoms with Crippen LogP contribution in [0.5, 0.6) is 11.5 Å². The Morgan fingerprint density at radius 2 is 1.94 bits per heavy atom. The molecule has 4 nitrogen and oxygen atoms in total. The summed E-state index contributed by atoms with van der Waals surface area (Å²) in [6, 6.07) is 5.60. The van der Waals surface area contributed by atoms with Gasteiger partial charge >= 0.3 is 0 Å². The lowest BCUT2D eigenvalue weighted by Gasteiger charge is -2.14. The van der Waals surface area contributed by atoms with Gasteiger partial charge in [0.25, 0.3) is 0 Å². The smallest absolute Gasteiger partial charge is 0.160 e. The van der Waals surface area contributed by atoms with Gasteiger partial charge in [0, 0.05) is 12.5 Å². The van der Waals surface area contributed by atoms with Crippen LogP contribution in [0.3, 0.4) is 0 Å². The molecule has 1 unspecified atom stereocenters. The average molecular weight is 252 g/mol. The van der Waals surface area contributed by atoms with Gasteiger partial charge in [-0.1, -0.05) is 6.07 Å². The van der Waals surface area contributed by atoms with E-state index in [1.165, 1.54) is 0 Å². The second-order valence-corrected chi connectivity index (χ2v) is 4.21. The Balaban J connectivity index is 2.86. The average Bonchev–Trinajstić information content (AvgIpc) is 2.37. The molecule has 0 aliphatic rings. The first-order chi connectivity index (χ1) is 8.62. The number of Topliss-reactive ketones (excluding diaryl/α,β-unsaturated/α-hetero) is 1. The van der Waals surface area contributed by atoms with Gasteiger partial charge in [-0.15, -0.1) is 0 Å². The molecule has 1 N–H and O–H groups in total. The maximum absolute atomic E-state index is 11.4. The summed E-state index contributed by atoms with van der Waals surface area (Å²) < 4.78 is 10.4. The second-order valence-electron chi connectivity index (χ2n) is 4.21. The first-order valence-electron chi connectivity index (χ1n) is 5.94. The van der Waals surface area contributed by atoms with Gasteiger partial charge in [0.15, 0.2) is 11.5 Å². The third-order valence-corrected chi connectivity index (χ3v) is 2.98. The summed E-state index contributed by atoms with van der Waals surface area (Å²) in [5.41, 5.74) is 1.00. The van der Waals surface area contributed by atoms with Crippen molar-refractivity contribution in [3.63, 3.8) is 0 Å². The quantitative estimate of drug-likeness (QED) is 0.804. The Morgan fingerprint density at radius 1 is 1.28 bits per heavy atom. The van der Waals surface area contributed by atoms with E-state index in [4.69, 9.17) is 14.6 Å². The summed E-state index contributed by atoms with van der Waals surface area (Å²) in [5.74, 6) is 1.27. The first kappa shape index (κ1) is 14.5. The van der Waals surface area contributed by atoms with Crippen molar-refractivity contribution in [1.29, 1.82) is 0 Å². The van der Waals surface area contributed by atoms with Crippen molar-refractivity contribution in [1.82, 2.24) is 0 Å². The predicted octanol–water partition coefficient (Wildman–Crippen LogP) is 1.83. The zero-order chi connectivity index (χ0) is 13.5. The molecule has 0 aliphatic heterocycles. The zero-order valence-corrected chi connectivity index (χ0v) is 11.1. The Hall–Kier alpha value is -1.55. The van der Waals surface area contributed by atoms with Crippen molar-refractivity contribution in [3.8, 4) is 11.5 Å². The van der Waals surface area contributed by atoms with Gasteiger partial charge in [-0.2, -0.15) is 0 Å². The van der Waals surface area contributed by atoms with Gasteiger partial charge in [-0.3, -0.25) is 4.79 Å². The van der Waals surface area contributed by atoms with Gasteiger partial charge in [0.2, 0.25) is 0 Å². The monoisotopic (exact) mass is 252 g/mol. The lowest BCUT2D eigenvalue weighted by molar-refractivity contribution is -0.121. The minimum Gasteiger partial charge on any atom is -0.493 e. The Morgan fingerprint density at radius 3 is 2.44 bits per heavy atom. The van der Waals surface area contributed by atoms with Crippen molar-refractivity contribution < 1.29 is 19.4 Å². The van der Waals surface area contributed by atoms with E-state index in [1.807, 2.05) is 18.2 Å². The molecule has 0 radical (unpaired) electrons. The first-order valence-corrected chi connectivity index (χ1v) is 5.94. The summed E-state index contributed by atoms with van der Waals surface area (Å²) in [6.45, 7) is 1.58. The number of methoxy groups -OCH3 is 2. The molecule has 0 amide bonds. The lowest BCUT2D eigenvalue weighted by atomic mass is 9.93. The minimum atomic E-state index is -0.145. The van der Waals surface area contributed by atoms with Gasteiger partial charge < -0.3 is 14.6 Å². The Labute approximate surface area is 108 Å². The third-order valence-electron chi connectivity index (χ3n) is 2.98. The van der Waals surface area contributed by atoms with E-state index in [9.17, 15) is 4.79 Å². The molecule has 1 aromatic carbocycles. The van der Waals surface area contributed by atoms with Crippen molar-refractivity contribution >= 4 is 5.78 Å². The number of ether oxygens (including phenoxy) is 2. The van der Waals surface area contributed by atoms with Gasteiger partial charge in [0.05, 0.1) is 14.2 Å². The van der Waals surface area contributed by atoms with Crippen molar-refractivity contribution in [2.75, 3.05) is 20.8 Å². The summed E-state index contributed by atoms with van der Waals surface area (Å²) in [7, 11) is 3.17. The highest BCUT2D eigenvalue weighted by molar-refractivity contribution is 5.78. The number of ketones is 1. The van der Waals surface area contributed by atoms with Gasteiger partial charge in [0.1, 0.15) is 5.78 Å². The van der Waals surface area contributed by atoms with E-state index >= 15 is 0 Å². The number of hydrogen-bond acceptors (Lipinski definition) is 4. The highest BCUT2D eigenvalue weighted by atomic mass is 16.5. The molecule has 4 heteroatoms. The zero-order valence-electron chi connectivity index (χ0n) is 11.1. The minimum absolute atomic E-state index is 0.0253. The molecule has 0 aliphatic carbocycles. The summed E-state index contributed by atoms with van der Waals surface area (Å²) in [4.78, 5) is 11.4. The molecule has 1 aromatic rings. The fourth-order valence-electron chi connectivity index (χ4n) is 1.90. The number of benzene rings is 1.